The monoisotopic (exact) mass is 307 g/mol. The van der Waals surface area contributed by atoms with Crippen LogP contribution in [0.4, 0.5) is 5.69 Å². The Balaban J connectivity index is 1.78. The van der Waals surface area contributed by atoms with E-state index in [2.05, 4.69) is 15.3 Å². The summed E-state index contributed by atoms with van der Waals surface area (Å²) in [6, 6.07) is 11.2. The first-order valence-electron chi connectivity index (χ1n) is 6.02. The molecule has 2 aromatic carbocycles. The Bertz CT molecular complexity index is 823. The van der Waals surface area contributed by atoms with Crippen LogP contribution in [0.25, 0.3) is 11.0 Å². The number of aromatic nitrogens is 2. The van der Waals surface area contributed by atoms with Crippen LogP contribution in [0.2, 0.25) is 10.0 Å². The maximum Gasteiger partial charge on any atom is 0.323 e. The third-order valence-electron chi connectivity index (χ3n) is 3.00. The molecule has 4 nitrogen and oxygen atoms in total. The van der Waals surface area contributed by atoms with Gasteiger partial charge in [0.15, 0.2) is 0 Å². The van der Waals surface area contributed by atoms with Crippen LogP contribution in [-0.2, 0) is 6.54 Å². The molecule has 3 aromatic rings. The molecule has 6 heteroatoms. The first-order chi connectivity index (χ1) is 9.61. The fourth-order valence-corrected chi connectivity index (χ4v) is 2.32. The van der Waals surface area contributed by atoms with Gasteiger partial charge in [0.1, 0.15) is 0 Å². The fraction of sp³-hybridized carbons (Fsp3) is 0.0714. The summed E-state index contributed by atoms with van der Waals surface area (Å²) in [4.78, 5) is 16.6. The predicted molar refractivity (Wildman–Crippen MR) is 82.7 cm³/mol. The molecule has 0 saturated heterocycles. The van der Waals surface area contributed by atoms with Crippen molar-refractivity contribution >= 4 is 39.9 Å². The van der Waals surface area contributed by atoms with E-state index in [1.165, 1.54) is 0 Å². The molecule has 0 amide bonds. The number of imidazole rings is 1. The molecule has 20 heavy (non-hydrogen) atoms. The standard InChI is InChI=1S/C14H11Cl2N3O/c15-10-3-1-8(5-11(10)16)7-17-9-2-4-12-13(6-9)19-14(20)18-12/h1-6,17H,7H2,(H2,18,19,20). The Morgan fingerprint density at radius 3 is 2.55 bits per heavy atom. The molecule has 0 aliphatic heterocycles. The largest absolute Gasteiger partial charge is 0.381 e. The fourth-order valence-electron chi connectivity index (χ4n) is 2.00. The molecule has 102 valence electrons. The Kier molecular flexibility index (Phi) is 3.42. The molecule has 0 spiro atoms. The lowest BCUT2D eigenvalue weighted by atomic mass is 10.2. The topological polar surface area (TPSA) is 60.7 Å². The van der Waals surface area contributed by atoms with Gasteiger partial charge in [-0.05, 0) is 35.9 Å². The van der Waals surface area contributed by atoms with Gasteiger partial charge in [0.05, 0.1) is 21.1 Å². The van der Waals surface area contributed by atoms with E-state index in [-0.39, 0.29) is 5.69 Å². The van der Waals surface area contributed by atoms with Gasteiger partial charge in [-0.15, -0.1) is 0 Å². The van der Waals surface area contributed by atoms with Gasteiger partial charge < -0.3 is 15.3 Å². The summed E-state index contributed by atoms with van der Waals surface area (Å²) in [5.41, 5.74) is 3.30. The molecule has 0 unspecified atom stereocenters. The van der Waals surface area contributed by atoms with Crippen molar-refractivity contribution in [2.24, 2.45) is 0 Å². The van der Waals surface area contributed by atoms with Crippen LogP contribution in [0.15, 0.2) is 41.2 Å². The normalized spacial score (nSPS) is 10.9. The number of benzene rings is 2. The van der Waals surface area contributed by atoms with E-state index in [4.69, 9.17) is 23.2 Å². The van der Waals surface area contributed by atoms with Crippen LogP contribution in [0.5, 0.6) is 0 Å². The van der Waals surface area contributed by atoms with Crippen molar-refractivity contribution in [1.29, 1.82) is 0 Å². The van der Waals surface area contributed by atoms with Gasteiger partial charge in [-0.1, -0.05) is 29.3 Å². The zero-order valence-electron chi connectivity index (χ0n) is 10.3. The van der Waals surface area contributed by atoms with Crippen molar-refractivity contribution in [3.8, 4) is 0 Å². The van der Waals surface area contributed by atoms with Crippen LogP contribution in [0, 0.1) is 0 Å². The number of aromatic amines is 2. The van der Waals surface area contributed by atoms with Crippen molar-refractivity contribution < 1.29 is 0 Å². The molecule has 0 radical (unpaired) electrons. The van der Waals surface area contributed by atoms with Crippen LogP contribution in [0.3, 0.4) is 0 Å². The SMILES string of the molecule is O=c1[nH]c2ccc(NCc3ccc(Cl)c(Cl)c3)cc2[nH]1. The molecule has 0 saturated carbocycles. The van der Waals surface area contributed by atoms with Crippen molar-refractivity contribution in [2.75, 3.05) is 5.32 Å². The third-order valence-corrected chi connectivity index (χ3v) is 3.74. The second-order valence-electron chi connectivity index (χ2n) is 4.44. The van der Waals surface area contributed by atoms with Gasteiger partial charge in [-0.2, -0.15) is 0 Å². The second kappa shape index (κ2) is 5.23. The summed E-state index contributed by atoms with van der Waals surface area (Å²) in [7, 11) is 0. The molecule has 0 aliphatic rings. The van der Waals surface area contributed by atoms with Crippen molar-refractivity contribution in [3.05, 3.63) is 62.5 Å². The van der Waals surface area contributed by atoms with E-state index in [1.54, 1.807) is 6.07 Å². The van der Waals surface area contributed by atoms with Crippen LogP contribution < -0.4 is 11.0 Å². The lowest BCUT2D eigenvalue weighted by molar-refractivity contribution is 1.15. The number of H-pyrrole nitrogens is 2. The molecular weight excluding hydrogens is 297 g/mol. The predicted octanol–water partition coefficient (Wildman–Crippen LogP) is 3.78. The lowest BCUT2D eigenvalue weighted by Gasteiger charge is -2.07. The Morgan fingerprint density at radius 1 is 0.950 bits per heavy atom. The smallest absolute Gasteiger partial charge is 0.323 e. The highest BCUT2D eigenvalue weighted by molar-refractivity contribution is 6.42. The maximum atomic E-state index is 11.2. The summed E-state index contributed by atoms with van der Waals surface area (Å²) in [5.74, 6) is 0. The molecule has 0 aliphatic carbocycles. The minimum absolute atomic E-state index is 0.207. The minimum Gasteiger partial charge on any atom is -0.381 e. The van der Waals surface area contributed by atoms with Gasteiger partial charge in [-0.25, -0.2) is 4.79 Å². The van der Waals surface area contributed by atoms with Crippen molar-refractivity contribution in [2.45, 2.75) is 6.54 Å². The van der Waals surface area contributed by atoms with Crippen molar-refractivity contribution in [3.63, 3.8) is 0 Å². The van der Waals surface area contributed by atoms with Gasteiger partial charge >= 0.3 is 5.69 Å². The van der Waals surface area contributed by atoms with Crippen molar-refractivity contribution in [1.82, 2.24) is 9.97 Å². The summed E-state index contributed by atoms with van der Waals surface area (Å²) in [6.07, 6.45) is 0. The number of hydrogen-bond acceptors (Lipinski definition) is 2. The number of halogens is 2. The molecule has 0 atom stereocenters. The number of fused-ring (bicyclic) bond motifs is 1. The molecule has 3 rings (SSSR count). The van der Waals surface area contributed by atoms with E-state index < -0.39 is 0 Å². The lowest BCUT2D eigenvalue weighted by Crippen LogP contribution is -1.99. The van der Waals surface area contributed by atoms with E-state index in [0.29, 0.717) is 16.6 Å². The molecular formula is C14H11Cl2N3O. The van der Waals surface area contributed by atoms with Crippen LogP contribution >= 0.6 is 23.2 Å². The van der Waals surface area contributed by atoms with E-state index in [9.17, 15) is 4.79 Å². The second-order valence-corrected chi connectivity index (χ2v) is 5.26. The number of hydrogen-bond donors (Lipinski definition) is 3. The first-order valence-corrected chi connectivity index (χ1v) is 6.77. The molecule has 0 fully saturated rings. The Hall–Kier alpha value is -1.91. The van der Waals surface area contributed by atoms with Crippen LogP contribution in [0.1, 0.15) is 5.56 Å². The van der Waals surface area contributed by atoms with Gasteiger partial charge in [0.25, 0.3) is 0 Å². The summed E-state index contributed by atoms with van der Waals surface area (Å²) < 4.78 is 0. The quantitative estimate of drug-likeness (QED) is 0.689. The summed E-state index contributed by atoms with van der Waals surface area (Å²) >= 11 is 11.8. The highest BCUT2D eigenvalue weighted by atomic mass is 35.5. The summed E-state index contributed by atoms with van der Waals surface area (Å²) in [5, 5.41) is 4.35. The number of rotatable bonds is 3. The number of nitrogens with one attached hydrogen (secondary N) is 3. The zero-order valence-corrected chi connectivity index (χ0v) is 11.8. The molecule has 1 heterocycles. The molecule has 0 bridgehead atoms. The third kappa shape index (κ3) is 2.66. The Labute approximate surface area is 124 Å². The first kappa shape index (κ1) is 13.1. The van der Waals surface area contributed by atoms with E-state index >= 15 is 0 Å². The average Bonchev–Trinajstić information content (AvgIpc) is 2.79. The van der Waals surface area contributed by atoms with Crippen LogP contribution in [-0.4, -0.2) is 9.97 Å². The maximum absolute atomic E-state index is 11.2. The van der Waals surface area contributed by atoms with E-state index in [0.717, 1.165) is 22.3 Å². The molecule has 3 N–H and O–H groups in total. The minimum atomic E-state index is -0.207. The zero-order chi connectivity index (χ0) is 14.1. The van der Waals surface area contributed by atoms with E-state index in [1.807, 2.05) is 30.3 Å². The highest BCUT2D eigenvalue weighted by Gasteiger charge is 2.02. The number of anilines is 1. The highest BCUT2D eigenvalue weighted by Crippen LogP contribution is 2.23. The Morgan fingerprint density at radius 2 is 1.75 bits per heavy atom. The average molecular weight is 308 g/mol. The van der Waals surface area contributed by atoms with Gasteiger partial charge in [0, 0.05) is 12.2 Å². The van der Waals surface area contributed by atoms with Gasteiger partial charge in [-0.3, -0.25) is 0 Å². The van der Waals surface area contributed by atoms with Gasteiger partial charge in [0.2, 0.25) is 0 Å². The molecule has 1 aromatic heterocycles. The summed E-state index contributed by atoms with van der Waals surface area (Å²) in [6.45, 7) is 0.622.